The largest absolute Gasteiger partial charge is 0.310 e. The number of rotatable bonds is 9. The van der Waals surface area contributed by atoms with Crippen molar-refractivity contribution in [2.24, 2.45) is 0 Å². The van der Waals surface area contributed by atoms with Crippen molar-refractivity contribution >= 4 is 90.4 Å². The summed E-state index contributed by atoms with van der Waals surface area (Å²) in [5.74, 6) is 0. The maximum Gasteiger partial charge on any atom is 0.252 e. The SMILES string of the molecule is [C-]#[N+]c1ccc(-c2cccc(-c3ccc([N+]#[C-])cc3)c2N2c3ccc(-c4cc(C(C)(C)C)cc(C(C)(C)C)c4)cc3B3c4cc(-c5cc(C(C)(C)C)cc(C(C)(C)C)c5)ccc4N(c4c(-c5ccc(C#N)cc5)cccc4-c4ccc(C#N)cc4)c4cc(-n5c6ccccc6c6cc(C(C)(C)C)ccc65)cc2c43)cc1. The van der Waals surface area contributed by atoms with Crippen molar-refractivity contribution in [2.45, 2.75) is 131 Å². The molecule has 13 aromatic carbocycles. The molecule has 0 N–H and O–H groups in total. The highest BCUT2D eigenvalue weighted by atomic mass is 15.2. The van der Waals surface area contributed by atoms with Gasteiger partial charge in [0.1, 0.15) is 0 Å². The van der Waals surface area contributed by atoms with Crippen molar-refractivity contribution in [3.63, 3.8) is 0 Å². The molecule has 3 heterocycles. The second kappa shape index (κ2) is 26.6. The Morgan fingerprint density at radius 3 is 1.03 bits per heavy atom. The zero-order valence-corrected chi connectivity index (χ0v) is 65.5. The molecule has 534 valence electrons. The van der Waals surface area contributed by atoms with E-state index in [9.17, 15) is 10.5 Å². The molecule has 2 aliphatic heterocycles. The Morgan fingerprint density at radius 1 is 0.309 bits per heavy atom. The minimum absolute atomic E-state index is 0.134. The van der Waals surface area contributed by atoms with Gasteiger partial charge in [0.2, 0.25) is 0 Å². The lowest BCUT2D eigenvalue weighted by Crippen LogP contribution is -2.61. The maximum atomic E-state index is 10.4. The summed E-state index contributed by atoms with van der Waals surface area (Å²) in [7, 11) is 0. The summed E-state index contributed by atoms with van der Waals surface area (Å²) >= 11 is 0. The van der Waals surface area contributed by atoms with E-state index in [-0.39, 0.29) is 27.1 Å². The van der Waals surface area contributed by atoms with Crippen LogP contribution in [0.2, 0.25) is 0 Å². The minimum Gasteiger partial charge on any atom is -0.310 e. The normalized spacial score (nSPS) is 12.8. The van der Waals surface area contributed by atoms with Gasteiger partial charge in [0.25, 0.3) is 6.71 Å². The van der Waals surface area contributed by atoms with Crippen molar-refractivity contribution in [1.82, 2.24) is 4.57 Å². The van der Waals surface area contributed by atoms with Crippen LogP contribution < -0.4 is 26.2 Å². The zero-order chi connectivity index (χ0) is 77.3. The third-order valence-electron chi connectivity index (χ3n) is 22.6. The van der Waals surface area contributed by atoms with Crippen molar-refractivity contribution in [2.75, 3.05) is 9.80 Å². The Labute approximate surface area is 649 Å². The van der Waals surface area contributed by atoms with Gasteiger partial charge in [0.05, 0.1) is 64.5 Å². The number of benzene rings is 13. The molecule has 16 rings (SSSR count). The molecule has 0 aliphatic carbocycles. The maximum absolute atomic E-state index is 10.4. The molecule has 7 nitrogen and oxygen atoms in total. The molecule has 0 atom stereocenters. The van der Waals surface area contributed by atoms with E-state index in [0.29, 0.717) is 22.5 Å². The molecule has 0 bridgehead atoms. The first-order valence-corrected chi connectivity index (χ1v) is 38.2. The van der Waals surface area contributed by atoms with Gasteiger partial charge in [-0.25, -0.2) is 9.69 Å². The number of fused-ring (bicyclic) bond motifs is 7. The van der Waals surface area contributed by atoms with Crippen LogP contribution in [0.4, 0.5) is 45.5 Å². The molecule has 0 radical (unpaired) electrons. The van der Waals surface area contributed by atoms with Crippen molar-refractivity contribution in [3.8, 4) is 84.6 Å². The van der Waals surface area contributed by atoms with Gasteiger partial charge >= 0.3 is 0 Å². The van der Waals surface area contributed by atoms with Gasteiger partial charge in [0.15, 0.2) is 11.4 Å². The Kier molecular flexibility index (Phi) is 17.3. The molecule has 0 amide bonds. The molecule has 14 aromatic rings. The molecule has 8 heteroatoms. The van der Waals surface area contributed by atoms with Gasteiger partial charge in [-0.1, -0.05) is 298 Å². The van der Waals surface area contributed by atoms with E-state index in [0.717, 1.165) is 145 Å². The van der Waals surface area contributed by atoms with E-state index in [2.05, 4.69) is 352 Å². The molecular weight excluding hydrogens is 1330 g/mol. The topological polar surface area (TPSA) is 67.7 Å². The monoisotopic (exact) mass is 1420 g/mol. The average Bonchev–Trinajstić information content (AvgIpc) is 0.819. The van der Waals surface area contributed by atoms with E-state index in [1.807, 2.05) is 48.5 Å². The molecular formula is C102H88BN7. The van der Waals surface area contributed by atoms with Crippen LogP contribution in [0.15, 0.2) is 261 Å². The van der Waals surface area contributed by atoms with Gasteiger partial charge in [-0.15, -0.1) is 0 Å². The van der Waals surface area contributed by atoms with Gasteiger partial charge in [0, 0.05) is 55.8 Å². The third kappa shape index (κ3) is 12.6. The Balaban J connectivity index is 1.14. The number of nitrogens with zero attached hydrogens (tertiary/aromatic N) is 7. The highest BCUT2D eigenvalue weighted by Crippen LogP contribution is 2.55. The van der Waals surface area contributed by atoms with Gasteiger partial charge < -0.3 is 14.4 Å². The lowest BCUT2D eigenvalue weighted by molar-refractivity contribution is 0.568. The van der Waals surface area contributed by atoms with Gasteiger partial charge in [-0.2, -0.15) is 10.5 Å². The van der Waals surface area contributed by atoms with E-state index in [1.54, 1.807) is 0 Å². The number of nitriles is 2. The number of aromatic nitrogens is 1. The van der Waals surface area contributed by atoms with Crippen LogP contribution in [0.1, 0.15) is 143 Å². The van der Waals surface area contributed by atoms with Crippen LogP contribution in [0.5, 0.6) is 0 Å². The van der Waals surface area contributed by atoms with E-state index in [4.69, 9.17) is 13.1 Å². The molecule has 0 saturated carbocycles. The first-order chi connectivity index (χ1) is 52.5. The van der Waals surface area contributed by atoms with E-state index < -0.39 is 6.71 Å². The summed E-state index contributed by atoms with van der Waals surface area (Å²) in [4.78, 5) is 12.9. The predicted octanol–water partition coefficient (Wildman–Crippen LogP) is 26.2. The van der Waals surface area contributed by atoms with E-state index in [1.165, 1.54) is 27.8 Å². The van der Waals surface area contributed by atoms with Crippen molar-refractivity contribution < 1.29 is 0 Å². The van der Waals surface area contributed by atoms with Crippen LogP contribution in [0.3, 0.4) is 0 Å². The highest BCUT2D eigenvalue weighted by Gasteiger charge is 2.46. The number of hydrogen-bond donors (Lipinski definition) is 0. The van der Waals surface area contributed by atoms with E-state index >= 15 is 0 Å². The zero-order valence-electron chi connectivity index (χ0n) is 65.5. The summed E-state index contributed by atoms with van der Waals surface area (Å²) in [6.45, 7) is 50.6. The Bertz CT molecular complexity index is 5730. The predicted molar refractivity (Wildman–Crippen MR) is 463 cm³/mol. The van der Waals surface area contributed by atoms with Crippen molar-refractivity contribution in [1.29, 1.82) is 10.5 Å². The first-order valence-electron chi connectivity index (χ1n) is 38.2. The average molecular weight is 1420 g/mol. The summed E-state index contributed by atoms with van der Waals surface area (Å²) in [6.07, 6.45) is 0. The quantitative estimate of drug-likeness (QED) is 0.107. The minimum atomic E-state index is -0.424. The molecule has 2 aliphatic rings. The molecule has 0 spiro atoms. The smallest absolute Gasteiger partial charge is 0.252 e. The Hall–Kier alpha value is -12.7. The fourth-order valence-corrected chi connectivity index (χ4v) is 16.4. The van der Waals surface area contributed by atoms with Crippen LogP contribution >= 0.6 is 0 Å². The summed E-state index contributed by atoms with van der Waals surface area (Å²) in [6, 6.07) is 99.8. The number of hydrogen-bond acceptors (Lipinski definition) is 4. The van der Waals surface area contributed by atoms with Gasteiger partial charge in [-0.05, 0) is 183 Å². The van der Waals surface area contributed by atoms with Crippen LogP contribution in [-0.4, -0.2) is 11.3 Å². The van der Waals surface area contributed by atoms with Gasteiger partial charge in [-0.3, -0.25) is 0 Å². The fourth-order valence-electron chi connectivity index (χ4n) is 16.4. The molecule has 110 heavy (non-hydrogen) atoms. The second-order valence-electron chi connectivity index (χ2n) is 35.1. The third-order valence-corrected chi connectivity index (χ3v) is 22.6. The molecule has 0 saturated heterocycles. The Morgan fingerprint density at radius 2 is 0.664 bits per heavy atom. The molecule has 0 unspecified atom stereocenters. The standard InChI is InChI=1S/C102H88BN7/c1-98(2,3)73-42-49-90-86(58-73)85-22-18-19-27-89(85)108(90)80-59-93-95-94(60-80)110(97-83(67-36-43-78(106-16)44-37-67)25-21-26-84(97)68-38-45-79(107-17)46-39-68)92-48-41-70(72-52-76(101(10,11)12)57-77(53-72)102(13,14)15)55-88(92)103(95)87-54-69(71-50-74(99(4,5)6)56-75(51-71)100(7,8)9)40-47-91(87)109(93)96-81(65-32-28-63(61-104)29-33-65)23-20-24-82(96)66-34-30-64(62-105)31-35-66/h18-60H,1-15H3. The molecule has 1 aromatic heterocycles. The number of para-hydroxylation sites is 3. The number of anilines is 6. The second-order valence-corrected chi connectivity index (χ2v) is 35.1. The van der Waals surface area contributed by atoms with Crippen LogP contribution in [0, 0.1) is 35.8 Å². The molecule has 0 fully saturated rings. The van der Waals surface area contributed by atoms with Crippen LogP contribution in [0.25, 0.3) is 104 Å². The first kappa shape index (κ1) is 71.5. The fraction of sp³-hybridized carbons (Fsp3) is 0.196. The van der Waals surface area contributed by atoms with Crippen molar-refractivity contribution in [3.05, 3.63) is 323 Å². The summed E-state index contributed by atoms with van der Waals surface area (Å²) < 4.78 is 2.48. The summed E-state index contributed by atoms with van der Waals surface area (Å²) in [5, 5.41) is 23.2. The lowest BCUT2D eigenvalue weighted by Gasteiger charge is -2.46. The highest BCUT2D eigenvalue weighted by molar-refractivity contribution is 7.00. The lowest BCUT2D eigenvalue weighted by atomic mass is 9.33. The summed E-state index contributed by atoms with van der Waals surface area (Å²) in [5.41, 5.74) is 32.0. The van der Waals surface area contributed by atoms with Crippen LogP contribution in [-0.2, 0) is 27.1 Å².